The summed E-state index contributed by atoms with van der Waals surface area (Å²) in [5.74, 6) is -0.513. The normalized spacial score (nSPS) is 10.3. The van der Waals surface area contributed by atoms with Gasteiger partial charge in [0.15, 0.2) is 0 Å². The van der Waals surface area contributed by atoms with Crippen molar-refractivity contribution in [3.05, 3.63) is 150 Å². The van der Waals surface area contributed by atoms with E-state index in [1.165, 1.54) is 0 Å². The standard InChI is InChI=1S/C29H23NO/c1-21(29(30)31)22-17-19-26(20-18-22)28(25-15-9-4-10-16-25)27(23-11-5-2-6-12-23)24-13-7-3-8-14-24/h2-20H,1H2,(H2,30,31). The summed E-state index contributed by atoms with van der Waals surface area (Å²) < 4.78 is 0. The van der Waals surface area contributed by atoms with Crippen LogP contribution in [0.25, 0.3) is 16.7 Å². The molecule has 4 rings (SSSR count). The predicted molar refractivity (Wildman–Crippen MR) is 129 cm³/mol. The van der Waals surface area contributed by atoms with Crippen LogP contribution in [0.3, 0.4) is 0 Å². The molecule has 0 saturated heterocycles. The molecule has 0 radical (unpaired) electrons. The van der Waals surface area contributed by atoms with E-state index in [1.54, 1.807) is 0 Å². The third kappa shape index (κ3) is 4.39. The van der Waals surface area contributed by atoms with Gasteiger partial charge in [-0.25, -0.2) is 0 Å². The van der Waals surface area contributed by atoms with Gasteiger partial charge in [0.1, 0.15) is 0 Å². The Morgan fingerprint density at radius 2 is 0.774 bits per heavy atom. The lowest BCUT2D eigenvalue weighted by atomic mass is 9.85. The summed E-state index contributed by atoms with van der Waals surface area (Å²) in [6.07, 6.45) is 0. The molecule has 0 aromatic heterocycles. The minimum Gasteiger partial charge on any atom is -0.366 e. The molecule has 0 heterocycles. The van der Waals surface area contributed by atoms with Gasteiger partial charge in [-0.05, 0) is 39.0 Å². The first kappa shape index (κ1) is 20.1. The van der Waals surface area contributed by atoms with Gasteiger partial charge in [0.05, 0.1) is 0 Å². The molecule has 2 heteroatoms. The van der Waals surface area contributed by atoms with Crippen LogP contribution in [-0.4, -0.2) is 5.91 Å². The molecule has 4 aromatic rings. The van der Waals surface area contributed by atoms with E-state index in [1.807, 2.05) is 54.6 Å². The van der Waals surface area contributed by atoms with Crippen LogP contribution in [-0.2, 0) is 4.79 Å². The minimum atomic E-state index is -0.513. The van der Waals surface area contributed by atoms with Crippen molar-refractivity contribution in [3.8, 4) is 0 Å². The van der Waals surface area contributed by atoms with Gasteiger partial charge >= 0.3 is 0 Å². The fraction of sp³-hybridized carbons (Fsp3) is 0. The quantitative estimate of drug-likeness (QED) is 0.304. The first-order chi connectivity index (χ1) is 15.1. The summed E-state index contributed by atoms with van der Waals surface area (Å²) in [7, 11) is 0. The lowest BCUT2D eigenvalue weighted by Gasteiger charge is -2.18. The second-order valence-corrected chi connectivity index (χ2v) is 7.27. The highest BCUT2D eigenvalue weighted by Gasteiger charge is 2.16. The number of nitrogens with two attached hydrogens (primary N) is 1. The fourth-order valence-corrected chi connectivity index (χ4v) is 3.71. The van der Waals surface area contributed by atoms with Gasteiger partial charge in [-0.1, -0.05) is 122 Å². The molecular formula is C29H23NO. The van der Waals surface area contributed by atoms with Crippen molar-refractivity contribution in [2.24, 2.45) is 5.73 Å². The number of amides is 1. The van der Waals surface area contributed by atoms with E-state index in [2.05, 4.69) is 67.2 Å². The van der Waals surface area contributed by atoms with Gasteiger partial charge in [-0.2, -0.15) is 0 Å². The average molecular weight is 402 g/mol. The Labute approximate surface area is 183 Å². The zero-order valence-corrected chi connectivity index (χ0v) is 17.2. The van der Waals surface area contributed by atoms with Crippen LogP contribution >= 0.6 is 0 Å². The SMILES string of the molecule is C=C(C(N)=O)c1ccc(C(=C(c2ccccc2)c2ccccc2)c2ccccc2)cc1. The van der Waals surface area contributed by atoms with Crippen LogP contribution in [0, 0.1) is 0 Å². The summed E-state index contributed by atoms with van der Waals surface area (Å²) in [5.41, 5.74) is 13.2. The topological polar surface area (TPSA) is 43.1 Å². The van der Waals surface area contributed by atoms with E-state index in [4.69, 9.17) is 5.73 Å². The van der Waals surface area contributed by atoms with Crippen molar-refractivity contribution in [1.29, 1.82) is 0 Å². The number of hydrogen-bond acceptors (Lipinski definition) is 1. The van der Waals surface area contributed by atoms with Gasteiger partial charge in [-0.3, -0.25) is 4.79 Å². The van der Waals surface area contributed by atoms with Crippen molar-refractivity contribution in [2.75, 3.05) is 0 Å². The van der Waals surface area contributed by atoms with E-state index in [0.717, 1.165) is 39.0 Å². The number of carbonyl (C=O) groups is 1. The zero-order valence-electron chi connectivity index (χ0n) is 17.2. The predicted octanol–water partition coefficient (Wildman–Crippen LogP) is 6.19. The first-order valence-corrected chi connectivity index (χ1v) is 10.1. The molecule has 2 nitrogen and oxygen atoms in total. The Bertz CT molecular complexity index is 1180. The van der Waals surface area contributed by atoms with E-state index < -0.39 is 5.91 Å². The number of benzene rings is 4. The molecule has 0 atom stereocenters. The van der Waals surface area contributed by atoms with Crippen molar-refractivity contribution in [1.82, 2.24) is 0 Å². The number of primary amides is 1. The lowest BCUT2D eigenvalue weighted by Crippen LogP contribution is -2.11. The maximum absolute atomic E-state index is 11.5. The Balaban J connectivity index is 2.00. The highest BCUT2D eigenvalue weighted by atomic mass is 16.1. The molecule has 0 unspecified atom stereocenters. The van der Waals surface area contributed by atoms with Crippen LogP contribution in [0.5, 0.6) is 0 Å². The summed E-state index contributed by atoms with van der Waals surface area (Å²) in [6, 6.07) is 39.0. The molecule has 0 fully saturated rings. The molecule has 0 spiro atoms. The Hall–Kier alpha value is -4.17. The highest BCUT2D eigenvalue weighted by molar-refractivity contribution is 6.18. The van der Waals surface area contributed by atoms with Crippen LogP contribution in [0.2, 0.25) is 0 Å². The molecule has 0 aliphatic heterocycles. The monoisotopic (exact) mass is 401 g/mol. The summed E-state index contributed by atoms with van der Waals surface area (Å²) in [5, 5.41) is 0. The van der Waals surface area contributed by atoms with Crippen LogP contribution < -0.4 is 5.73 Å². The zero-order chi connectivity index (χ0) is 21.6. The van der Waals surface area contributed by atoms with E-state index >= 15 is 0 Å². The molecule has 0 bridgehead atoms. The van der Waals surface area contributed by atoms with Gasteiger partial charge in [0.25, 0.3) is 0 Å². The molecule has 31 heavy (non-hydrogen) atoms. The number of hydrogen-bond donors (Lipinski definition) is 1. The second kappa shape index (κ2) is 9.10. The third-order valence-corrected chi connectivity index (χ3v) is 5.26. The largest absolute Gasteiger partial charge is 0.366 e. The number of carbonyl (C=O) groups excluding carboxylic acids is 1. The van der Waals surface area contributed by atoms with Gasteiger partial charge in [0.2, 0.25) is 5.91 Å². The number of rotatable bonds is 6. The van der Waals surface area contributed by atoms with Gasteiger partial charge < -0.3 is 5.73 Å². The van der Waals surface area contributed by atoms with Gasteiger partial charge in [-0.15, -0.1) is 0 Å². The first-order valence-electron chi connectivity index (χ1n) is 10.1. The fourth-order valence-electron chi connectivity index (χ4n) is 3.71. The smallest absolute Gasteiger partial charge is 0.248 e. The average Bonchev–Trinajstić information content (AvgIpc) is 2.84. The molecular weight excluding hydrogens is 378 g/mol. The summed E-state index contributed by atoms with van der Waals surface area (Å²) in [4.78, 5) is 11.5. The molecule has 150 valence electrons. The molecule has 4 aromatic carbocycles. The van der Waals surface area contributed by atoms with Crippen molar-refractivity contribution in [2.45, 2.75) is 0 Å². The molecule has 2 N–H and O–H groups in total. The summed E-state index contributed by atoms with van der Waals surface area (Å²) >= 11 is 0. The van der Waals surface area contributed by atoms with E-state index in [0.29, 0.717) is 5.57 Å². The minimum absolute atomic E-state index is 0.308. The third-order valence-electron chi connectivity index (χ3n) is 5.26. The Kier molecular flexibility index (Phi) is 5.91. The molecule has 1 amide bonds. The Morgan fingerprint density at radius 3 is 1.10 bits per heavy atom. The van der Waals surface area contributed by atoms with Gasteiger partial charge in [0, 0.05) is 5.57 Å². The molecule has 0 saturated carbocycles. The van der Waals surface area contributed by atoms with Crippen LogP contribution in [0.1, 0.15) is 27.8 Å². The van der Waals surface area contributed by atoms with E-state index in [-0.39, 0.29) is 0 Å². The maximum Gasteiger partial charge on any atom is 0.248 e. The second-order valence-electron chi connectivity index (χ2n) is 7.27. The lowest BCUT2D eigenvalue weighted by molar-refractivity contribution is -0.112. The van der Waals surface area contributed by atoms with Crippen LogP contribution in [0.15, 0.2) is 122 Å². The van der Waals surface area contributed by atoms with Crippen molar-refractivity contribution < 1.29 is 4.79 Å². The van der Waals surface area contributed by atoms with Crippen molar-refractivity contribution >= 4 is 22.6 Å². The van der Waals surface area contributed by atoms with Crippen molar-refractivity contribution in [3.63, 3.8) is 0 Å². The highest BCUT2D eigenvalue weighted by Crippen LogP contribution is 2.37. The molecule has 0 aliphatic rings. The Morgan fingerprint density at radius 1 is 0.484 bits per heavy atom. The van der Waals surface area contributed by atoms with Crippen LogP contribution in [0.4, 0.5) is 0 Å². The summed E-state index contributed by atoms with van der Waals surface area (Å²) in [6.45, 7) is 3.80. The maximum atomic E-state index is 11.5. The van der Waals surface area contributed by atoms with E-state index in [9.17, 15) is 4.79 Å². The molecule has 0 aliphatic carbocycles.